The maximum Gasteiger partial charge on any atom is 0.497 e. The Labute approximate surface area is 205 Å². The van der Waals surface area contributed by atoms with E-state index in [-0.39, 0.29) is 29.5 Å². The van der Waals surface area contributed by atoms with Crippen molar-refractivity contribution in [3.63, 3.8) is 0 Å². The monoisotopic (exact) mass is 558 g/mol. The molecule has 0 saturated heterocycles. The Balaban J connectivity index is 1.84. The van der Waals surface area contributed by atoms with Gasteiger partial charge in [0.25, 0.3) is 9.84 Å². The molecule has 202 valence electrons. The van der Waals surface area contributed by atoms with E-state index in [1.54, 1.807) is 5.32 Å². The van der Waals surface area contributed by atoms with Crippen molar-refractivity contribution in [3.8, 4) is 11.1 Å². The van der Waals surface area contributed by atoms with E-state index in [0.717, 1.165) is 36.4 Å². The van der Waals surface area contributed by atoms with Crippen LogP contribution in [0.3, 0.4) is 0 Å². The summed E-state index contributed by atoms with van der Waals surface area (Å²) in [4.78, 5) is 23.7. The molecular formula is C22H18F8N2O4S. The van der Waals surface area contributed by atoms with Crippen molar-refractivity contribution in [3.05, 3.63) is 59.2 Å². The minimum absolute atomic E-state index is 0.0715. The topological polar surface area (TPSA) is 92.3 Å². The normalized spacial score (nSPS) is 16.1. The van der Waals surface area contributed by atoms with Gasteiger partial charge in [-0.15, -0.1) is 0 Å². The summed E-state index contributed by atoms with van der Waals surface area (Å²) in [6, 6.07) is 4.85. The van der Waals surface area contributed by atoms with E-state index in [0.29, 0.717) is 0 Å². The third kappa shape index (κ3) is 6.02. The molecule has 2 aromatic rings. The molecule has 0 spiro atoms. The third-order valence-electron chi connectivity index (χ3n) is 5.73. The lowest BCUT2D eigenvalue weighted by molar-refractivity contribution is -0.175. The highest BCUT2D eigenvalue weighted by molar-refractivity contribution is 7.91. The molecule has 37 heavy (non-hydrogen) atoms. The number of carbonyl (C=O) groups excluding carboxylic acids is 2. The molecule has 6 nitrogen and oxygen atoms in total. The van der Waals surface area contributed by atoms with Crippen molar-refractivity contribution in [1.82, 2.24) is 10.6 Å². The lowest BCUT2D eigenvalue weighted by Gasteiger charge is -2.22. The van der Waals surface area contributed by atoms with E-state index in [1.807, 2.05) is 0 Å². The van der Waals surface area contributed by atoms with E-state index in [9.17, 15) is 53.1 Å². The lowest BCUT2D eigenvalue weighted by Crippen LogP contribution is -2.53. The van der Waals surface area contributed by atoms with Crippen molar-refractivity contribution in [2.45, 2.75) is 48.8 Å². The number of halogens is 8. The highest BCUT2D eigenvalue weighted by atomic mass is 32.2. The zero-order valence-electron chi connectivity index (χ0n) is 18.7. The van der Waals surface area contributed by atoms with Gasteiger partial charge in [-0.2, -0.15) is 26.3 Å². The van der Waals surface area contributed by atoms with Crippen LogP contribution in [0.2, 0.25) is 0 Å². The van der Waals surface area contributed by atoms with E-state index in [4.69, 9.17) is 0 Å². The quantitative estimate of drug-likeness (QED) is 0.492. The van der Waals surface area contributed by atoms with Gasteiger partial charge in [-0.3, -0.25) is 9.59 Å². The van der Waals surface area contributed by atoms with Crippen LogP contribution in [0.25, 0.3) is 11.1 Å². The highest BCUT2D eigenvalue weighted by Crippen LogP contribution is 2.38. The molecule has 0 unspecified atom stereocenters. The molecule has 0 aliphatic heterocycles. The van der Waals surface area contributed by atoms with Crippen LogP contribution in [0.4, 0.5) is 35.1 Å². The second-order valence-corrected chi connectivity index (χ2v) is 10.4. The Hall–Kier alpha value is -3.23. The number of amides is 2. The highest BCUT2D eigenvalue weighted by Gasteiger charge is 2.55. The maximum absolute atomic E-state index is 14.9. The van der Waals surface area contributed by atoms with Crippen LogP contribution in [0, 0.1) is 11.6 Å². The van der Waals surface area contributed by atoms with Gasteiger partial charge in [-0.25, -0.2) is 17.2 Å². The van der Waals surface area contributed by atoms with Gasteiger partial charge < -0.3 is 10.6 Å². The summed E-state index contributed by atoms with van der Waals surface area (Å²) in [5.74, 6) is -7.29. The number of benzene rings is 2. The van der Waals surface area contributed by atoms with Crippen LogP contribution in [-0.2, 0) is 25.2 Å². The van der Waals surface area contributed by atoms with Crippen molar-refractivity contribution in [2.75, 3.05) is 0 Å². The summed E-state index contributed by atoms with van der Waals surface area (Å²) in [5.41, 5.74) is -8.93. The Bertz CT molecular complexity index is 1340. The molecule has 0 radical (unpaired) electrons. The fraction of sp³-hybridized carbons (Fsp3) is 0.364. The predicted octanol–water partition coefficient (Wildman–Crippen LogP) is 4.45. The molecule has 1 atom stereocenters. The Morgan fingerprint density at radius 1 is 1.00 bits per heavy atom. The molecular weight excluding hydrogens is 540 g/mol. The summed E-state index contributed by atoms with van der Waals surface area (Å²) >= 11 is 0. The minimum atomic E-state index is -5.76. The third-order valence-corrected chi connectivity index (χ3v) is 7.10. The largest absolute Gasteiger partial charge is 0.497 e. The number of sulfone groups is 1. The van der Waals surface area contributed by atoms with Crippen LogP contribution in [0.1, 0.15) is 36.9 Å². The summed E-state index contributed by atoms with van der Waals surface area (Å²) in [7, 11) is -5.76. The van der Waals surface area contributed by atoms with Gasteiger partial charge in [0, 0.05) is 11.1 Å². The minimum Gasteiger partial charge on any atom is -0.347 e. The molecule has 3 rings (SSSR count). The second-order valence-electron chi connectivity index (χ2n) is 8.44. The van der Waals surface area contributed by atoms with Crippen molar-refractivity contribution >= 4 is 21.7 Å². The molecule has 0 aromatic heterocycles. The first-order valence-corrected chi connectivity index (χ1v) is 12.1. The molecule has 2 aromatic carbocycles. The zero-order chi connectivity index (χ0) is 28.0. The Morgan fingerprint density at radius 2 is 1.62 bits per heavy atom. The number of alkyl halides is 6. The van der Waals surface area contributed by atoms with Crippen LogP contribution in [0.15, 0.2) is 36.4 Å². The number of hydrogen-bond donors (Lipinski definition) is 2. The smallest absolute Gasteiger partial charge is 0.347 e. The fourth-order valence-electron chi connectivity index (χ4n) is 3.53. The first kappa shape index (κ1) is 28.3. The average Bonchev–Trinajstić information content (AvgIpc) is 3.54. The molecule has 1 aliphatic carbocycles. The van der Waals surface area contributed by atoms with Gasteiger partial charge in [0.2, 0.25) is 5.91 Å². The van der Waals surface area contributed by atoms with Crippen LogP contribution < -0.4 is 10.6 Å². The van der Waals surface area contributed by atoms with Crippen molar-refractivity contribution in [1.29, 1.82) is 0 Å². The van der Waals surface area contributed by atoms with Gasteiger partial charge in [-0.05, 0) is 43.0 Å². The van der Waals surface area contributed by atoms with E-state index >= 15 is 0 Å². The first-order valence-electron chi connectivity index (χ1n) is 10.4. The Morgan fingerprint density at radius 3 is 2.14 bits per heavy atom. The van der Waals surface area contributed by atoms with Gasteiger partial charge in [-0.1, -0.05) is 24.3 Å². The SMILES string of the molecule is C[C@@H](NC(=O)C1(NC(=O)C(F)(F)F)CC1)c1ccc(-c2cccc(F)c2CS(=O)(=O)C(F)(F)F)cc1F. The van der Waals surface area contributed by atoms with Gasteiger partial charge >= 0.3 is 17.6 Å². The summed E-state index contributed by atoms with van der Waals surface area (Å²) in [6.45, 7) is 1.29. The zero-order valence-corrected chi connectivity index (χ0v) is 19.5. The average molecular weight is 558 g/mol. The summed E-state index contributed by atoms with van der Waals surface area (Å²) < 4.78 is 128. The predicted molar refractivity (Wildman–Crippen MR) is 113 cm³/mol. The van der Waals surface area contributed by atoms with E-state index in [1.165, 1.54) is 6.92 Å². The molecule has 15 heteroatoms. The number of carbonyl (C=O) groups is 2. The summed E-state index contributed by atoms with van der Waals surface area (Å²) in [5, 5.41) is 3.91. The van der Waals surface area contributed by atoms with Crippen LogP contribution in [0.5, 0.6) is 0 Å². The molecule has 2 amide bonds. The van der Waals surface area contributed by atoms with Gasteiger partial charge in [0.05, 0.1) is 11.8 Å². The van der Waals surface area contributed by atoms with Gasteiger partial charge in [0.1, 0.15) is 17.2 Å². The molecule has 1 aliphatic rings. The number of hydrogen-bond acceptors (Lipinski definition) is 4. The molecule has 1 saturated carbocycles. The Kier molecular flexibility index (Phi) is 7.34. The number of nitrogens with one attached hydrogen (secondary N) is 2. The fourth-order valence-corrected chi connectivity index (χ4v) is 4.37. The van der Waals surface area contributed by atoms with E-state index in [2.05, 4.69) is 5.32 Å². The first-order chi connectivity index (χ1) is 16.9. The van der Waals surface area contributed by atoms with Gasteiger partial charge in [0.15, 0.2) is 0 Å². The number of rotatable bonds is 7. The molecule has 1 fully saturated rings. The lowest BCUT2D eigenvalue weighted by atomic mass is 9.97. The summed E-state index contributed by atoms with van der Waals surface area (Å²) in [6.07, 6.45) is -5.35. The maximum atomic E-state index is 14.9. The molecule has 2 N–H and O–H groups in total. The standard InChI is InChI=1S/C22H18F8N2O4S/c1-11(31-18(33)20(7-8-20)32-19(34)21(25,26)27)13-6-5-12(9-17(13)24)14-3-2-4-16(23)15(14)10-37(35,36)22(28,29)30/h2-6,9,11H,7-8,10H2,1H3,(H,31,33)(H,32,34)/t11-/m1/s1. The second kappa shape index (κ2) is 9.58. The van der Waals surface area contributed by atoms with Crippen molar-refractivity contribution < 1.29 is 53.1 Å². The van der Waals surface area contributed by atoms with Crippen molar-refractivity contribution in [2.24, 2.45) is 0 Å². The van der Waals surface area contributed by atoms with Crippen LogP contribution >= 0.6 is 0 Å². The molecule has 0 heterocycles. The van der Waals surface area contributed by atoms with Crippen LogP contribution in [-0.4, -0.2) is 37.5 Å². The van der Waals surface area contributed by atoms with E-state index < -0.39 is 67.9 Å². The molecule has 0 bridgehead atoms.